The van der Waals surface area contributed by atoms with Crippen molar-refractivity contribution in [1.82, 2.24) is 20.6 Å². The first-order chi connectivity index (χ1) is 12.7. The normalized spacial score (nSPS) is 20.6. The van der Waals surface area contributed by atoms with Crippen LogP contribution in [0, 0.1) is 5.92 Å². The van der Waals surface area contributed by atoms with Crippen molar-refractivity contribution in [3.63, 3.8) is 0 Å². The smallest absolute Gasteiger partial charge is 0.223 e. The Bertz CT molecular complexity index is 895. The van der Waals surface area contributed by atoms with E-state index in [2.05, 4.69) is 45.7 Å². The number of nitrogens with zero attached hydrogens (tertiary/aromatic N) is 1. The number of rotatable bonds is 4. The molecule has 1 aliphatic rings. The van der Waals surface area contributed by atoms with Crippen LogP contribution in [-0.4, -0.2) is 28.5 Å². The molecule has 2 heterocycles. The fraction of sp³-hybridized carbons (Fsp3) is 0.333. The number of aromatic amines is 1. The molecule has 5 nitrogen and oxygen atoms in total. The summed E-state index contributed by atoms with van der Waals surface area (Å²) in [7, 11) is 0. The van der Waals surface area contributed by atoms with E-state index < -0.39 is 0 Å². The molecule has 0 radical (unpaired) electrons. The van der Waals surface area contributed by atoms with Crippen LogP contribution in [0.3, 0.4) is 0 Å². The predicted molar refractivity (Wildman–Crippen MR) is 110 cm³/mol. The van der Waals surface area contributed by atoms with Gasteiger partial charge in [-0.25, -0.2) is 4.98 Å². The van der Waals surface area contributed by atoms with E-state index in [1.165, 1.54) is 0 Å². The van der Waals surface area contributed by atoms with Gasteiger partial charge >= 0.3 is 0 Å². The summed E-state index contributed by atoms with van der Waals surface area (Å²) in [5.41, 5.74) is 4.05. The number of halogens is 1. The van der Waals surface area contributed by atoms with E-state index in [1.54, 1.807) is 6.33 Å². The van der Waals surface area contributed by atoms with Gasteiger partial charge in [0, 0.05) is 12.0 Å². The molecule has 0 saturated carbocycles. The fourth-order valence-corrected chi connectivity index (χ4v) is 3.77. The Balaban J connectivity index is 0.00000210. The van der Waals surface area contributed by atoms with E-state index in [1.807, 2.05) is 30.3 Å². The second kappa shape index (κ2) is 8.55. The van der Waals surface area contributed by atoms with Crippen LogP contribution in [0.2, 0.25) is 0 Å². The molecule has 4 rings (SSSR count). The van der Waals surface area contributed by atoms with Gasteiger partial charge in [-0.3, -0.25) is 4.79 Å². The standard InChI is InChI=1S/C21H24N4O.ClH/c1-14-11-17(9-10-22-14)21(26)25-20(15-5-3-2-4-6-15)16-7-8-18-19(12-16)24-13-23-18;/h2-8,12-14,17,20,22H,9-11H2,1H3,(H,23,24)(H,25,26);1H/t14-,17-,20?;/m0./s1. The molecule has 1 aromatic heterocycles. The molecule has 1 amide bonds. The van der Waals surface area contributed by atoms with Gasteiger partial charge in [0.15, 0.2) is 0 Å². The summed E-state index contributed by atoms with van der Waals surface area (Å²) >= 11 is 0. The highest BCUT2D eigenvalue weighted by atomic mass is 35.5. The maximum Gasteiger partial charge on any atom is 0.223 e. The second-order valence-corrected chi connectivity index (χ2v) is 7.11. The number of carbonyl (C=O) groups is 1. The number of nitrogens with one attached hydrogen (secondary N) is 3. The lowest BCUT2D eigenvalue weighted by molar-refractivity contribution is -0.126. The van der Waals surface area contributed by atoms with E-state index in [4.69, 9.17) is 0 Å². The van der Waals surface area contributed by atoms with Crippen LogP contribution in [0.1, 0.15) is 36.9 Å². The molecular formula is C21H25ClN4O. The fourth-order valence-electron chi connectivity index (χ4n) is 3.77. The maximum atomic E-state index is 13.0. The molecule has 3 atom stereocenters. The third-order valence-electron chi connectivity index (χ3n) is 5.19. The van der Waals surface area contributed by atoms with Crippen LogP contribution in [-0.2, 0) is 4.79 Å². The molecular weight excluding hydrogens is 360 g/mol. The van der Waals surface area contributed by atoms with Gasteiger partial charge in [-0.05, 0) is 49.6 Å². The van der Waals surface area contributed by atoms with Crippen LogP contribution in [0.15, 0.2) is 54.9 Å². The number of hydrogen-bond donors (Lipinski definition) is 3. The van der Waals surface area contributed by atoms with Crippen LogP contribution in [0.5, 0.6) is 0 Å². The molecule has 1 aliphatic heterocycles. The third-order valence-corrected chi connectivity index (χ3v) is 5.19. The molecule has 3 N–H and O–H groups in total. The van der Waals surface area contributed by atoms with Crippen LogP contribution in [0.4, 0.5) is 0 Å². The van der Waals surface area contributed by atoms with Crippen molar-refractivity contribution < 1.29 is 4.79 Å². The number of fused-ring (bicyclic) bond motifs is 1. The second-order valence-electron chi connectivity index (χ2n) is 7.11. The summed E-state index contributed by atoms with van der Waals surface area (Å²) in [5.74, 6) is 0.199. The quantitative estimate of drug-likeness (QED) is 0.644. The predicted octanol–water partition coefficient (Wildman–Crippen LogP) is 3.58. The first-order valence-electron chi connectivity index (χ1n) is 9.22. The lowest BCUT2D eigenvalue weighted by Crippen LogP contribution is -2.43. The largest absolute Gasteiger partial charge is 0.345 e. The highest BCUT2D eigenvalue weighted by Crippen LogP contribution is 2.26. The number of benzene rings is 2. The number of imidazole rings is 1. The van der Waals surface area contributed by atoms with Gasteiger partial charge in [-0.2, -0.15) is 0 Å². The number of hydrogen-bond acceptors (Lipinski definition) is 3. The molecule has 142 valence electrons. The number of H-pyrrole nitrogens is 1. The van der Waals surface area contributed by atoms with E-state index in [0.717, 1.165) is 41.5 Å². The van der Waals surface area contributed by atoms with Crippen molar-refractivity contribution in [2.24, 2.45) is 5.92 Å². The average molecular weight is 385 g/mol. The summed E-state index contributed by atoms with van der Waals surface area (Å²) in [6, 6.07) is 16.5. The Hall–Kier alpha value is -2.37. The van der Waals surface area contributed by atoms with E-state index in [9.17, 15) is 4.79 Å². The van der Waals surface area contributed by atoms with Gasteiger partial charge in [0.1, 0.15) is 0 Å². The molecule has 0 spiro atoms. The Morgan fingerprint density at radius 2 is 2.00 bits per heavy atom. The Morgan fingerprint density at radius 3 is 2.78 bits per heavy atom. The van der Waals surface area contributed by atoms with Crippen molar-refractivity contribution in [2.75, 3.05) is 6.54 Å². The Kier molecular flexibility index (Phi) is 6.14. The molecule has 3 aromatic rings. The lowest BCUT2D eigenvalue weighted by atomic mass is 9.91. The zero-order chi connectivity index (χ0) is 17.9. The van der Waals surface area contributed by atoms with E-state index in [0.29, 0.717) is 6.04 Å². The Labute approximate surface area is 165 Å². The van der Waals surface area contributed by atoms with E-state index >= 15 is 0 Å². The van der Waals surface area contributed by atoms with Crippen LogP contribution in [0.25, 0.3) is 11.0 Å². The SMILES string of the molecule is C[C@H]1C[C@@H](C(=O)NC(c2ccccc2)c2ccc3nc[nH]c3c2)CCN1.Cl. The topological polar surface area (TPSA) is 69.8 Å². The summed E-state index contributed by atoms with van der Waals surface area (Å²) in [6.07, 6.45) is 3.46. The third kappa shape index (κ3) is 4.31. The number of carbonyl (C=O) groups excluding carboxylic acids is 1. The van der Waals surface area contributed by atoms with Gasteiger partial charge in [0.05, 0.1) is 23.4 Å². The first kappa shape index (κ1) is 19.4. The maximum absolute atomic E-state index is 13.0. The summed E-state index contributed by atoms with van der Waals surface area (Å²) in [5, 5.41) is 6.71. The van der Waals surface area contributed by atoms with Gasteiger partial charge in [0.2, 0.25) is 5.91 Å². The van der Waals surface area contributed by atoms with Crippen molar-refractivity contribution in [1.29, 1.82) is 0 Å². The van der Waals surface area contributed by atoms with Crippen LogP contribution < -0.4 is 10.6 Å². The van der Waals surface area contributed by atoms with Gasteiger partial charge < -0.3 is 15.6 Å². The molecule has 6 heteroatoms. The average Bonchev–Trinajstić information content (AvgIpc) is 3.14. The zero-order valence-electron chi connectivity index (χ0n) is 15.3. The summed E-state index contributed by atoms with van der Waals surface area (Å²) in [4.78, 5) is 20.4. The minimum Gasteiger partial charge on any atom is -0.345 e. The minimum absolute atomic E-state index is 0. The minimum atomic E-state index is -0.165. The van der Waals surface area contributed by atoms with Crippen molar-refractivity contribution in [3.05, 3.63) is 66.0 Å². The molecule has 27 heavy (non-hydrogen) atoms. The Morgan fingerprint density at radius 1 is 1.19 bits per heavy atom. The number of piperidine rings is 1. The lowest BCUT2D eigenvalue weighted by Gasteiger charge is -2.29. The molecule has 1 saturated heterocycles. The molecule has 0 bridgehead atoms. The van der Waals surface area contributed by atoms with Crippen molar-refractivity contribution >= 4 is 29.3 Å². The first-order valence-corrected chi connectivity index (χ1v) is 9.22. The highest BCUT2D eigenvalue weighted by molar-refractivity contribution is 5.85. The van der Waals surface area contributed by atoms with Crippen molar-refractivity contribution in [2.45, 2.75) is 31.8 Å². The van der Waals surface area contributed by atoms with Gasteiger partial charge in [-0.15, -0.1) is 12.4 Å². The molecule has 0 aliphatic carbocycles. The highest BCUT2D eigenvalue weighted by Gasteiger charge is 2.27. The zero-order valence-corrected chi connectivity index (χ0v) is 16.1. The van der Waals surface area contributed by atoms with Gasteiger partial charge in [0.25, 0.3) is 0 Å². The number of amides is 1. The summed E-state index contributed by atoms with van der Waals surface area (Å²) < 4.78 is 0. The summed E-state index contributed by atoms with van der Waals surface area (Å²) in [6.45, 7) is 3.04. The molecule has 1 unspecified atom stereocenters. The molecule has 1 fully saturated rings. The monoisotopic (exact) mass is 384 g/mol. The van der Waals surface area contributed by atoms with Gasteiger partial charge in [-0.1, -0.05) is 36.4 Å². The van der Waals surface area contributed by atoms with Crippen LogP contribution >= 0.6 is 12.4 Å². The molecule has 2 aromatic carbocycles. The van der Waals surface area contributed by atoms with E-state index in [-0.39, 0.29) is 30.3 Å². The number of aromatic nitrogens is 2. The van der Waals surface area contributed by atoms with Crippen molar-refractivity contribution in [3.8, 4) is 0 Å².